The highest BCUT2D eigenvalue weighted by molar-refractivity contribution is 6.07. The van der Waals surface area contributed by atoms with Crippen molar-refractivity contribution in [1.82, 2.24) is 0 Å². The molecule has 0 aromatic heterocycles. The van der Waals surface area contributed by atoms with Gasteiger partial charge >= 0.3 is 0 Å². The number of hydrogen-bond donors (Lipinski definition) is 0. The van der Waals surface area contributed by atoms with E-state index in [1.165, 1.54) is 16.9 Å². The van der Waals surface area contributed by atoms with Crippen molar-refractivity contribution < 1.29 is 4.79 Å². The smallest absolute Gasteiger partial charge is 0.185 e. The number of likely N-dealkylation sites (N-methyl/N-ethyl adjacent to an activating group) is 1. The predicted octanol–water partition coefficient (Wildman–Crippen LogP) is 3.92. The molecule has 0 saturated carbocycles. The molecule has 0 unspecified atom stereocenters. The van der Waals surface area contributed by atoms with Crippen LogP contribution in [0.1, 0.15) is 19.4 Å². The van der Waals surface area contributed by atoms with Gasteiger partial charge in [0, 0.05) is 29.4 Å². The molecule has 0 saturated heterocycles. The molecule has 0 fully saturated rings. The highest BCUT2D eigenvalue weighted by Crippen LogP contribution is 2.46. The Labute approximate surface area is 125 Å². The van der Waals surface area contributed by atoms with Crippen LogP contribution in [0.4, 0.5) is 5.69 Å². The maximum Gasteiger partial charge on any atom is 0.185 e. The average molecular weight is 277 g/mol. The van der Waals surface area contributed by atoms with Gasteiger partial charge in [-0.1, -0.05) is 50.3 Å². The van der Waals surface area contributed by atoms with Crippen molar-refractivity contribution in [3.8, 4) is 0 Å². The van der Waals surface area contributed by atoms with Gasteiger partial charge in [0.15, 0.2) is 5.78 Å². The summed E-state index contributed by atoms with van der Waals surface area (Å²) >= 11 is 0. The SMILES string of the molecule is CN1/C(=C/C=C2/C=CC=CC2=O)C(C)(C)c2ccccc21. The number of nitrogens with zero attached hydrogens (tertiary/aromatic N) is 1. The largest absolute Gasteiger partial charge is 0.347 e. The first kappa shape index (κ1) is 13.6. The zero-order valence-corrected chi connectivity index (χ0v) is 12.6. The van der Waals surface area contributed by atoms with Gasteiger partial charge in [0.25, 0.3) is 0 Å². The number of para-hydroxylation sites is 1. The van der Waals surface area contributed by atoms with E-state index in [4.69, 9.17) is 0 Å². The Hall–Kier alpha value is -2.35. The number of carbonyl (C=O) groups excluding carboxylic acids is 1. The molecule has 1 heterocycles. The molecule has 21 heavy (non-hydrogen) atoms. The van der Waals surface area contributed by atoms with Crippen molar-refractivity contribution in [2.75, 3.05) is 11.9 Å². The molecule has 1 aromatic carbocycles. The third-order valence-corrected chi connectivity index (χ3v) is 4.28. The Morgan fingerprint density at radius 3 is 2.48 bits per heavy atom. The normalized spacial score (nSPS) is 23.2. The first-order valence-corrected chi connectivity index (χ1v) is 7.16. The summed E-state index contributed by atoms with van der Waals surface area (Å²) in [7, 11) is 2.08. The fraction of sp³-hybridized carbons (Fsp3) is 0.211. The lowest BCUT2D eigenvalue weighted by Gasteiger charge is -2.23. The average Bonchev–Trinajstić information content (AvgIpc) is 2.67. The number of ketones is 1. The molecule has 1 aliphatic carbocycles. The zero-order chi connectivity index (χ0) is 15.0. The van der Waals surface area contributed by atoms with Crippen molar-refractivity contribution in [2.45, 2.75) is 19.3 Å². The van der Waals surface area contributed by atoms with Gasteiger partial charge in [0.1, 0.15) is 0 Å². The van der Waals surface area contributed by atoms with E-state index >= 15 is 0 Å². The lowest BCUT2D eigenvalue weighted by atomic mass is 9.83. The van der Waals surface area contributed by atoms with E-state index in [1.54, 1.807) is 12.2 Å². The Morgan fingerprint density at radius 2 is 1.76 bits per heavy atom. The van der Waals surface area contributed by atoms with Crippen LogP contribution in [0.3, 0.4) is 0 Å². The maximum atomic E-state index is 11.8. The summed E-state index contributed by atoms with van der Waals surface area (Å²) < 4.78 is 0. The van der Waals surface area contributed by atoms with E-state index in [0.717, 1.165) is 5.57 Å². The third-order valence-electron chi connectivity index (χ3n) is 4.28. The molecule has 0 atom stereocenters. The Bertz CT molecular complexity index is 717. The fourth-order valence-corrected chi connectivity index (χ4v) is 3.09. The fourth-order valence-electron chi connectivity index (χ4n) is 3.09. The molecular formula is C19H19NO. The summed E-state index contributed by atoms with van der Waals surface area (Å²) in [6, 6.07) is 8.45. The summed E-state index contributed by atoms with van der Waals surface area (Å²) in [5, 5.41) is 0. The first-order valence-electron chi connectivity index (χ1n) is 7.16. The second-order valence-electron chi connectivity index (χ2n) is 5.96. The van der Waals surface area contributed by atoms with Crippen molar-refractivity contribution in [3.05, 3.63) is 77.6 Å². The molecule has 1 aromatic rings. The molecule has 3 rings (SSSR count). The molecule has 2 heteroatoms. The van der Waals surface area contributed by atoms with Gasteiger partial charge < -0.3 is 4.90 Å². The number of hydrogen-bond acceptors (Lipinski definition) is 2. The second-order valence-corrected chi connectivity index (χ2v) is 5.96. The predicted molar refractivity (Wildman–Crippen MR) is 87.3 cm³/mol. The number of rotatable bonds is 1. The van der Waals surface area contributed by atoms with Crippen molar-refractivity contribution in [2.24, 2.45) is 0 Å². The van der Waals surface area contributed by atoms with Crippen LogP contribution in [-0.2, 0) is 10.2 Å². The molecule has 0 radical (unpaired) electrons. The molecule has 1 aliphatic heterocycles. The van der Waals surface area contributed by atoms with Gasteiger partial charge in [-0.15, -0.1) is 0 Å². The standard InChI is InChI=1S/C19H19NO/c1-19(2)15-9-5-6-10-16(15)20(3)18(19)13-12-14-8-4-7-11-17(14)21/h4-13H,1-3H3/b14-12-,18-13+. The van der Waals surface area contributed by atoms with E-state index in [0.29, 0.717) is 0 Å². The summed E-state index contributed by atoms with van der Waals surface area (Å²) in [5.41, 5.74) is 4.43. The molecule has 106 valence electrons. The topological polar surface area (TPSA) is 20.3 Å². The summed E-state index contributed by atoms with van der Waals surface area (Å²) in [4.78, 5) is 14.0. The monoisotopic (exact) mass is 277 g/mol. The lowest BCUT2D eigenvalue weighted by Crippen LogP contribution is -2.22. The Balaban J connectivity index is 2.02. The highest BCUT2D eigenvalue weighted by atomic mass is 16.1. The molecule has 0 spiro atoms. The van der Waals surface area contributed by atoms with Crippen LogP contribution in [0, 0.1) is 0 Å². The number of carbonyl (C=O) groups is 1. The van der Waals surface area contributed by atoms with Crippen molar-refractivity contribution in [1.29, 1.82) is 0 Å². The molecule has 0 amide bonds. The lowest BCUT2D eigenvalue weighted by molar-refractivity contribution is -0.111. The third kappa shape index (κ3) is 2.17. The molecule has 2 aliphatic rings. The van der Waals surface area contributed by atoms with E-state index in [1.807, 2.05) is 18.2 Å². The Kier molecular flexibility index (Phi) is 3.17. The molecule has 0 bridgehead atoms. The van der Waals surface area contributed by atoms with Crippen molar-refractivity contribution in [3.63, 3.8) is 0 Å². The van der Waals surface area contributed by atoms with Crippen LogP contribution in [0.2, 0.25) is 0 Å². The van der Waals surface area contributed by atoms with E-state index < -0.39 is 0 Å². The number of allylic oxidation sites excluding steroid dienone is 8. The number of benzene rings is 1. The van der Waals surface area contributed by atoms with Gasteiger partial charge in [-0.3, -0.25) is 4.79 Å². The second kappa shape index (κ2) is 4.88. The quantitative estimate of drug-likeness (QED) is 0.725. The molecule has 2 nitrogen and oxygen atoms in total. The van der Waals surface area contributed by atoms with Crippen LogP contribution < -0.4 is 4.90 Å². The Morgan fingerprint density at radius 1 is 1.05 bits per heavy atom. The first-order chi connectivity index (χ1) is 10.0. The molecular weight excluding hydrogens is 258 g/mol. The van der Waals surface area contributed by atoms with E-state index in [2.05, 4.69) is 56.1 Å². The van der Waals surface area contributed by atoms with Gasteiger partial charge in [0.2, 0.25) is 0 Å². The maximum absolute atomic E-state index is 11.8. The summed E-state index contributed by atoms with van der Waals surface area (Å²) in [5.74, 6) is 0.0605. The van der Waals surface area contributed by atoms with Gasteiger partial charge in [0.05, 0.1) is 0 Å². The van der Waals surface area contributed by atoms with Crippen LogP contribution in [0.15, 0.2) is 72.0 Å². The van der Waals surface area contributed by atoms with Crippen LogP contribution >= 0.6 is 0 Å². The summed E-state index contributed by atoms with van der Waals surface area (Å²) in [6.07, 6.45) is 11.1. The zero-order valence-electron chi connectivity index (χ0n) is 12.6. The minimum Gasteiger partial charge on any atom is -0.347 e. The summed E-state index contributed by atoms with van der Waals surface area (Å²) in [6.45, 7) is 4.44. The van der Waals surface area contributed by atoms with Crippen LogP contribution in [-0.4, -0.2) is 12.8 Å². The van der Waals surface area contributed by atoms with Gasteiger partial charge in [-0.25, -0.2) is 0 Å². The van der Waals surface area contributed by atoms with Crippen molar-refractivity contribution >= 4 is 11.5 Å². The van der Waals surface area contributed by atoms with Gasteiger partial charge in [-0.05, 0) is 29.9 Å². The molecule has 0 N–H and O–H groups in total. The minimum absolute atomic E-state index is 0.0559. The van der Waals surface area contributed by atoms with Crippen LogP contribution in [0.5, 0.6) is 0 Å². The number of anilines is 1. The van der Waals surface area contributed by atoms with E-state index in [-0.39, 0.29) is 11.2 Å². The van der Waals surface area contributed by atoms with Crippen LogP contribution in [0.25, 0.3) is 0 Å². The number of fused-ring (bicyclic) bond motifs is 1. The highest BCUT2D eigenvalue weighted by Gasteiger charge is 2.37. The van der Waals surface area contributed by atoms with Gasteiger partial charge in [-0.2, -0.15) is 0 Å². The van der Waals surface area contributed by atoms with E-state index in [9.17, 15) is 4.79 Å². The minimum atomic E-state index is -0.0559.